The molecule has 0 aliphatic heterocycles. The lowest BCUT2D eigenvalue weighted by Crippen LogP contribution is -2.33. The van der Waals surface area contributed by atoms with Gasteiger partial charge in [-0.05, 0) is 12.0 Å². The molecule has 0 bridgehead atoms. The molecule has 1 aromatic carbocycles. The average Bonchev–Trinajstić information content (AvgIpc) is 2.92. The van der Waals surface area contributed by atoms with Gasteiger partial charge in [0.05, 0.1) is 0 Å². The van der Waals surface area contributed by atoms with Crippen LogP contribution in [-0.4, -0.2) is 30.3 Å². The number of hydrogen-bond donors (Lipinski definition) is 2. The topological polar surface area (TPSA) is 89.6 Å². The van der Waals surface area contributed by atoms with Crippen molar-refractivity contribution < 1.29 is 9.63 Å². The molecule has 3 N–H and O–H groups in total. The fourth-order valence-electron chi connectivity index (χ4n) is 1.74. The van der Waals surface area contributed by atoms with Gasteiger partial charge in [-0.25, -0.2) is 4.98 Å². The summed E-state index contributed by atoms with van der Waals surface area (Å²) in [6.07, 6.45) is 0.742. The van der Waals surface area contributed by atoms with E-state index >= 15 is 0 Å². The Hall–Kier alpha value is -2.41. The van der Waals surface area contributed by atoms with E-state index in [9.17, 15) is 4.79 Å². The first-order chi connectivity index (χ1) is 10.2. The Bertz CT molecular complexity index is 625. The Morgan fingerprint density at radius 1 is 1.43 bits per heavy atom. The Labute approximate surface area is 126 Å². The maximum atomic E-state index is 12.1. The number of nitrogens with two attached hydrogens (primary N) is 1. The molecule has 0 spiro atoms. The minimum atomic E-state index is -0.335. The lowest BCUT2D eigenvalue weighted by molar-refractivity contribution is -0.114. The summed E-state index contributed by atoms with van der Waals surface area (Å²) < 4.78 is 0. The number of benzene rings is 1. The molecule has 0 atom stereocenters. The van der Waals surface area contributed by atoms with Gasteiger partial charge in [0.25, 0.3) is 5.91 Å². The molecule has 2 rings (SSSR count). The van der Waals surface area contributed by atoms with Gasteiger partial charge in [-0.15, -0.1) is 11.3 Å². The normalized spacial score (nSPS) is 11.2. The van der Waals surface area contributed by atoms with Crippen molar-refractivity contribution in [2.24, 2.45) is 5.16 Å². The first-order valence-corrected chi connectivity index (χ1v) is 7.23. The van der Waals surface area contributed by atoms with Crippen LogP contribution < -0.4 is 11.1 Å². The third kappa shape index (κ3) is 4.28. The second kappa shape index (κ2) is 7.39. The molecule has 0 radical (unpaired) electrons. The van der Waals surface area contributed by atoms with E-state index < -0.39 is 0 Å². The summed E-state index contributed by atoms with van der Waals surface area (Å²) in [5.41, 5.74) is 7.26. The number of anilines is 1. The number of nitrogens with one attached hydrogen (secondary N) is 1. The van der Waals surface area contributed by atoms with Gasteiger partial charge in [-0.3, -0.25) is 4.79 Å². The van der Waals surface area contributed by atoms with E-state index in [1.165, 1.54) is 18.4 Å². The minimum absolute atomic E-state index is 0.124. The predicted molar refractivity (Wildman–Crippen MR) is 83.2 cm³/mol. The number of hydrogen-bond acceptors (Lipinski definition) is 6. The quantitative estimate of drug-likeness (QED) is 0.624. The van der Waals surface area contributed by atoms with Crippen molar-refractivity contribution in [1.29, 1.82) is 0 Å². The minimum Gasteiger partial charge on any atom is -0.398 e. The Morgan fingerprint density at radius 3 is 2.81 bits per heavy atom. The molecular weight excluding hydrogens is 288 g/mol. The second-order valence-corrected chi connectivity index (χ2v) is 5.07. The van der Waals surface area contributed by atoms with Crippen molar-refractivity contribution in [3.8, 4) is 0 Å². The largest absolute Gasteiger partial charge is 0.398 e. The smallest absolute Gasteiger partial charge is 0.275 e. The van der Waals surface area contributed by atoms with E-state index in [4.69, 9.17) is 10.6 Å². The SMILES string of the molecule is CO/N=C(/C(=O)NCCc1ccccc1)c1csc(N)n1. The van der Waals surface area contributed by atoms with Crippen LogP contribution in [-0.2, 0) is 16.1 Å². The molecule has 0 unspecified atom stereocenters. The number of nitrogens with zero attached hydrogens (tertiary/aromatic N) is 2. The van der Waals surface area contributed by atoms with Gasteiger partial charge in [0.2, 0.25) is 0 Å². The second-order valence-electron chi connectivity index (χ2n) is 4.18. The van der Waals surface area contributed by atoms with Gasteiger partial charge in [0.1, 0.15) is 12.8 Å². The predicted octanol–water partition coefficient (Wildman–Crippen LogP) is 1.43. The summed E-state index contributed by atoms with van der Waals surface area (Å²) in [6.45, 7) is 0.505. The van der Waals surface area contributed by atoms with Gasteiger partial charge < -0.3 is 15.9 Å². The summed E-state index contributed by atoms with van der Waals surface area (Å²) in [5.74, 6) is -0.335. The lowest BCUT2D eigenvalue weighted by Gasteiger charge is -2.06. The molecule has 2 aromatic rings. The maximum absolute atomic E-state index is 12.1. The van der Waals surface area contributed by atoms with Gasteiger partial charge in [-0.2, -0.15) is 0 Å². The van der Waals surface area contributed by atoms with Crippen molar-refractivity contribution >= 4 is 28.1 Å². The number of thiazole rings is 1. The van der Waals surface area contributed by atoms with Gasteiger partial charge in [0.15, 0.2) is 10.8 Å². The molecule has 0 aliphatic rings. The zero-order valence-electron chi connectivity index (χ0n) is 11.6. The molecule has 21 heavy (non-hydrogen) atoms. The summed E-state index contributed by atoms with van der Waals surface area (Å²) in [7, 11) is 1.38. The maximum Gasteiger partial charge on any atom is 0.275 e. The number of carbonyl (C=O) groups excluding carboxylic acids is 1. The zero-order chi connectivity index (χ0) is 15.1. The Kier molecular flexibility index (Phi) is 5.28. The highest BCUT2D eigenvalue weighted by molar-refractivity contribution is 7.13. The van der Waals surface area contributed by atoms with Crippen LogP contribution in [0.1, 0.15) is 11.3 Å². The molecule has 0 fully saturated rings. The highest BCUT2D eigenvalue weighted by Crippen LogP contribution is 2.12. The summed E-state index contributed by atoms with van der Waals surface area (Å²) in [4.78, 5) is 20.9. The number of rotatable bonds is 6. The monoisotopic (exact) mass is 304 g/mol. The molecule has 6 nitrogen and oxygen atoms in total. The van der Waals surface area contributed by atoms with Gasteiger partial charge in [-0.1, -0.05) is 35.5 Å². The van der Waals surface area contributed by atoms with Crippen molar-refractivity contribution in [2.75, 3.05) is 19.4 Å². The molecule has 1 amide bonds. The van der Waals surface area contributed by atoms with E-state index in [1.54, 1.807) is 5.38 Å². The van der Waals surface area contributed by atoms with Crippen LogP contribution >= 0.6 is 11.3 Å². The lowest BCUT2D eigenvalue weighted by atomic mass is 10.1. The fraction of sp³-hybridized carbons (Fsp3) is 0.214. The number of amides is 1. The zero-order valence-corrected chi connectivity index (χ0v) is 12.4. The molecule has 7 heteroatoms. The van der Waals surface area contributed by atoms with Crippen LogP contribution in [0.4, 0.5) is 5.13 Å². The van der Waals surface area contributed by atoms with Crippen molar-refractivity contribution in [1.82, 2.24) is 10.3 Å². The first-order valence-electron chi connectivity index (χ1n) is 6.35. The number of aromatic nitrogens is 1. The van der Waals surface area contributed by atoms with Crippen LogP contribution in [0.2, 0.25) is 0 Å². The standard InChI is InChI=1S/C14H16N4O2S/c1-20-18-12(11-9-21-14(15)17-11)13(19)16-8-7-10-5-3-2-4-6-10/h2-6,9H,7-8H2,1H3,(H2,15,17)(H,16,19)/b18-12+. The molecule has 0 saturated heterocycles. The van der Waals surface area contributed by atoms with E-state index in [2.05, 4.69) is 15.5 Å². The van der Waals surface area contributed by atoms with Crippen LogP contribution in [0, 0.1) is 0 Å². The van der Waals surface area contributed by atoms with Gasteiger partial charge >= 0.3 is 0 Å². The molecule has 1 aromatic heterocycles. The number of oxime groups is 1. The summed E-state index contributed by atoms with van der Waals surface area (Å²) in [6, 6.07) is 9.91. The van der Waals surface area contributed by atoms with Crippen molar-refractivity contribution in [3.63, 3.8) is 0 Å². The first kappa shape index (κ1) is 15.0. The van der Waals surface area contributed by atoms with Crippen LogP contribution in [0.15, 0.2) is 40.9 Å². The summed E-state index contributed by atoms with van der Waals surface area (Å²) >= 11 is 1.25. The molecule has 110 valence electrons. The van der Waals surface area contributed by atoms with E-state index in [0.29, 0.717) is 17.4 Å². The molecule has 1 heterocycles. The molecule has 0 saturated carbocycles. The van der Waals surface area contributed by atoms with Crippen LogP contribution in [0.5, 0.6) is 0 Å². The van der Waals surface area contributed by atoms with Crippen molar-refractivity contribution in [2.45, 2.75) is 6.42 Å². The van der Waals surface area contributed by atoms with Gasteiger partial charge in [0, 0.05) is 11.9 Å². The van der Waals surface area contributed by atoms with Crippen molar-refractivity contribution in [3.05, 3.63) is 47.0 Å². The highest BCUT2D eigenvalue weighted by atomic mass is 32.1. The van der Waals surface area contributed by atoms with Crippen LogP contribution in [0.25, 0.3) is 0 Å². The van der Waals surface area contributed by atoms with Crippen LogP contribution in [0.3, 0.4) is 0 Å². The highest BCUT2D eigenvalue weighted by Gasteiger charge is 2.17. The Balaban J connectivity index is 1.95. The summed E-state index contributed by atoms with van der Waals surface area (Å²) in [5, 5.41) is 8.58. The average molecular weight is 304 g/mol. The fourth-order valence-corrected chi connectivity index (χ4v) is 2.29. The number of carbonyl (C=O) groups is 1. The third-order valence-electron chi connectivity index (χ3n) is 2.70. The number of nitrogen functional groups attached to an aromatic ring is 1. The Morgan fingerprint density at radius 2 is 2.19 bits per heavy atom. The molecular formula is C14H16N4O2S. The van der Waals surface area contributed by atoms with E-state index in [0.717, 1.165) is 12.0 Å². The van der Waals surface area contributed by atoms with E-state index in [-0.39, 0.29) is 11.6 Å². The molecule has 0 aliphatic carbocycles. The van der Waals surface area contributed by atoms with E-state index in [1.807, 2.05) is 30.3 Å². The third-order valence-corrected chi connectivity index (χ3v) is 3.38.